The van der Waals surface area contributed by atoms with Gasteiger partial charge in [0.2, 0.25) is 0 Å². The van der Waals surface area contributed by atoms with Crippen molar-refractivity contribution in [2.45, 2.75) is 24.7 Å². The summed E-state index contributed by atoms with van der Waals surface area (Å²) in [6.45, 7) is 0. The molecular weight excluding hydrogens is 198 g/mol. The Labute approximate surface area is 85.1 Å². The maximum absolute atomic E-state index is 11.3. The third-order valence-corrected chi connectivity index (χ3v) is 3.74. The van der Waals surface area contributed by atoms with Crippen LogP contribution in [0.3, 0.4) is 0 Å². The second-order valence-corrected chi connectivity index (χ2v) is 4.63. The van der Waals surface area contributed by atoms with E-state index in [2.05, 4.69) is 9.68 Å². The lowest BCUT2D eigenvalue weighted by Gasteiger charge is -2.23. The Morgan fingerprint density at radius 2 is 2.20 bits per heavy atom. The van der Waals surface area contributed by atoms with E-state index >= 15 is 0 Å². The first-order chi connectivity index (χ1) is 7.12. The molecule has 80 valence electrons. The number of rotatable bonds is 2. The highest BCUT2D eigenvalue weighted by molar-refractivity contribution is 5.81. The number of carboxylic acid groups (broad SMARTS) is 1. The summed E-state index contributed by atoms with van der Waals surface area (Å²) in [5.74, 6) is 0.200. The molecule has 0 aromatic carbocycles. The normalized spacial score (nSPS) is 37.6. The summed E-state index contributed by atoms with van der Waals surface area (Å²) in [6.07, 6.45) is 2.39. The van der Waals surface area contributed by atoms with Crippen molar-refractivity contribution in [3.63, 3.8) is 0 Å². The fraction of sp³-hybridized carbons (Fsp3) is 0.600. The first-order valence-electron chi connectivity index (χ1n) is 5.04. The van der Waals surface area contributed by atoms with Crippen LogP contribution in [0.4, 0.5) is 0 Å². The molecule has 5 heteroatoms. The van der Waals surface area contributed by atoms with Gasteiger partial charge in [0.1, 0.15) is 5.41 Å². The lowest BCUT2D eigenvalue weighted by atomic mass is 9.80. The summed E-state index contributed by atoms with van der Waals surface area (Å²) in [5, 5.41) is 11.7. The number of aliphatic carboxylic acids is 1. The first-order valence-corrected chi connectivity index (χ1v) is 5.04. The van der Waals surface area contributed by atoms with Crippen molar-refractivity contribution >= 4 is 5.97 Å². The second kappa shape index (κ2) is 2.53. The van der Waals surface area contributed by atoms with Gasteiger partial charge in [-0.05, 0) is 31.1 Å². The van der Waals surface area contributed by atoms with Crippen LogP contribution < -0.4 is 5.63 Å². The number of hydrogen-bond acceptors (Lipinski definition) is 3. The third kappa shape index (κ3) is 1.09. The molecule has 0 amide bonds. The van der Waals surface area contributed by atoms with Crippen LogP contribution in [0.1, 0.15) is 25.0 Å². The fourth-order valence-corrected chi connectivity index (χ4v) is 2.82. The van der Waals surface area contributed by atoms with Crippen LogP contribution in [0.25, 0.3) is 0 Å². The summed E-state index contributed by atoms with van der Waals surface area (Å²) >= 11 is 0. The minimum atomic E-state index is -0.903. The van der Waals surface area contributed by atoms with Crippen LogP contribution in [-0.2, 0) is 10.2 Å². The molecule has 0 bridgehead atoms. The zero-order valence-electron chi connectivity index (χ0n) is 8.03. The summed E-state index contributed by atoms with van der Waals surface area (Å²) in [4.78, 5) is 22.2. The van der Waals surface area contributed by atoms with E-state index in [0.29, 0.717) is 30.4 Å². The highest BCUT2D eigenvalue weighted by Crippen LogP contribution is 2.60. The number of fused-ring (bicyclic) bond motifs is 1. The largest absolute Gasteiger partial charge is 0.481 e. The van der Waals surface area contributed by atoms with E-state index in [-0.39, 0.29) is 0 Å². The van der Waals surface area contributed by atoms with Crippen molar-refractivity contribution in [1.82, 2.24) is 5.16 Å². The molecule has 2 atom stereocenters. The molecule has 0 spiro atoms. The number of carbonyl (C=O) groups is 1. The van der Waals surface area contributed by atoms with Crippen LogP contribution in [0.15, 0.2) is 15.4 Å². The minimum absolute atomic E-state index is 0.423. The summed E-state index contributed by atoms with van der Waals surface area (Å²) in [6, 6.07) is 1.26. The van der Waals surface area contributed by atoms with Crippen LogP contribution in [-0.4, -0.2) is 16.2 Å². The van der Waals surface area contributed by atoms with Gasteiger partial charge in [0.15, 0.2) is 0 Å². The standard InChI is InChI=1S/C10H11NO4/c12-8-2-7(11-15-8)10(9(13)14)3-5-1-6(5)4-10/h2,5-6,11H,1,3-4H2,(H,13,14). The number of carboxylic acids is 1. The zero-order chi connectivity index (χ0) is 10.6. The minimum Gasteiger partial charge on any atom is -0.481 e. The molecule has 2 N–H and O–H groups in total. The number of aromatic amines is 1. The predicted octanol–water partition coefficient (Wildman–Crippen LogP) is 0.720. The maximum Gasteiger partial charge on any atom is 0.357 e. The molecule has 2 aliphatic carbocycles. The van der Waals surface area contributed by atoms with Gasteiger partial charge in [-0.15, -0.1) is 0 Å². The van der Waals surface area contributed by atoms with Crippen LogP contribution >= 0.6 is 0 Å². The zero-order valence-corrected chi connectivity index (χ0v) is 8.03. The molecular formula is C10H11NO4. The van der Waals surface area contributed by atoms with E-state index in [1.54, 1.807) is 0 Å². The lowest BCUT2D eigenvalue weighted by Crippen LogP contribution is -2.34. The summed E-state index contributed by atoms with van der Waals surface area (Å²) < 4.78 is 4.56. The second-order valence-electron chi connectivity index (χ2n) is 4.63. The van der Waals surface area contributed by atoms with Crippen molar-refractivity contribution in [3.05, 3.63) is 22.2 Å². The Morgan fingerprint density at radius 3 is 2.67 bits per heavy atom. The highest BCUT2D eigenvalue weighted by atomic mass is 16.5. The molecule has 3 rings (SSSR count). The van der Waals surface area contributed by atoms with E-state index in [1.807, 2.05) is 0 Å². The quantitative estimate of drug-likeness (QED) is 0.751. The number of nitrogens with one attached hydrogen (secondary N) is 1. The molecule has 2 unspecified atom stereocenters. The van der Waals surface area contributed by atoms with Gasteiger partial charge < -0.3 is 9.63 Å². The predicted molar refractivity (Wildman–Crippen MR) is 49.5 cm³/mol. The molecule has 5 nitrogen and oxygen atoms in total. The average molecular weight is 209 g/mol. The van der Waals surface area contributed by atoms with Crippen molar-refractivity contribution in [3.8, 4) is 0 Å². The Balaban J connectivity index is 2.04. The van der Waals surface area contributed by atoms with Crippen LogP contribution in [0, 0.1) is 11.8 Å². The van der Waals surface area contributed by atoms with Gasteiger partial charge in [-0.2, -0.15) is 0 Å². The summed E-state index contributed by atoms with van der Waals surface area (Å²) in [5.41, 5.74) is -0.988. The smallest absolute Gasteiger partial charge is 0.357 e. The molecule has 0 aliphatic heterocycles. The van der Waals surface area contributed by atoms with Gasteiger partial charge in [-0.3, -0.25) is 4.79 Å². The Bertz CT molecular complexity index is 462. The Hall–Kier alpha value is -1.52. The molecule has 0 radical (unpaired) electrons. The van der Waals surface area contributed by atoms with Gasteiger partial charge in [0, 0.05) is 6.07 Å². The van der Waals surface area contributed by atoms with Crippen molar-refractivity contribution in [2.24, 2.45) is 11.8 Å². The van der Waals surface area contributed by atoms with E-state index < -0.39 is 17.0 Å². The van der Waals surface area contributed by atoms with Gasteiger partial charge in [0.25, 0.3) is 0 Å². The molecule has 2 aliphatic rings. The SMILES string of the molecule is O=C(O)C1(c2cc(=O)o[nH]2)CC2CC2C1. The Kier molecular flexibility index (Phi) is 1.48. The molecule has 0 saturated heterocycles. The highest BCUT2D eigenvalue weighted by Gasteiger charge is 2.59. The molecule has 1 aromatic rings. The van der Waals surface area contributed by atoms with E-state index in [1.165, 1.54) is 6.07 Å². The van der Waals surface area contributed by atoms with E-state index in [9.17, 15) is 14.7 Å². The molecule has 1 heterocycles. The maximum atomic E-state index is 11.3. The monoisotopic (exact) mass is 209 g/mol. The van der Waals surface area contributed by atoms with Gasteiger partial charge in [0.05, 0.1) is 5.69 Å². The Morgan fingerprint density at radius 1 is 1.53 bits per heavy atom. The molecule has 2 saturated carbocycles. The van der Waals surface area contributed by atoms with E-state index in [4.69, 9.17) is 0 Å². The number of H-pyrrole nitrogens is 1. The topological polar surface area (TPSA) is 83.3 Å². The lowest BCUT2D eigenvalue weighted by molar-refractivity contribution is -0.144. The molecule has 2 fully saturated rings. The first kappa shape index (κ1) is 8.76. The third-order valence-electron chi connectivity index (χ3n) is 3.74. The summed E-state index contributed by atoms with van der Waals surface area (Å²) in [7, 11) is 0. The molecule has 15 heavy (non-hydrogen) atoms. The van der Waals surface area contributed by atoms with Gasteiger partial charge in [-0.25, -0.2) is 9.95 Å². The van der Waals surface area contributed by atoms with E-state index in [0.717, 1.165) is 6.42 Å². The number of hydrogen-bond donors (Lipinski definition) is 2. The van der Waals surface area contributed by atoms with Gasteiger partial charge in [-0.1, -0.05) is 0 Å². The van der Waals surface area contributed by atoms with Crippen molar-refractivity contribution in [2.75, 3.05) is 0 Å². The van der Waals surface area contributed by atoms with Crippen molar-refractivity contribution in [1.29, 1.82) is 0 Å². The number of aromatic nitrogens is 1. The van der Waals surface area contributed by atoms with Crippen LogP contribution in [0.5, 0.6) is 0 Å². The molecule has 1 aromatic heterocycles. The average Bonchev–Trinajstić information content (AvgIpc) is 2.65. The van der Waals surface area contributed by atoms with Gasteiger partial charge >= 0.3 is 11.6 Å². The van der Waals surface area contributed by atoms with Crippen LogP contribution in [0.2, 0.25) is 0 Å². The fourth-order valence-electron chi connectivity index (χ4n) is 2.82. The van der Waals surface area contributed by atoms with Crippen molar-refractivity contribution < 1.29 is 14.4 Å².